The molecule has 0 radical (unpaired) electrons. The summed E-state index contributed by atoms with van der Waals surface area (Å²) < 4.78 is 12.9. The van der Waals surface area contributed by atoms with Crippen LogP contribution in [0.5, 0.6) is 0 Å². The third-order valence-corrected chi connectivity index (χ3v) is 3.65. The van der Waals surface area contributed by atoms with Crippen molar-refractivity contribution in [2.45, 2.75) is 10.6 Å². The summed E-state index contributed by atoms with van der Waals surface area (Å²) >= 11 is 7.46. The first-order valence-electron chi connectivity index (χ1n) is 5.07. The highest BCUT2D eigenvalue weighted by Gasteiger charge is 2.02. The molecule has 0 aliphatic heterocycles. The maximum atomic E-state index is 12.9. The van der Waals surface area contributed by atoms with Crippen LogP contribution >= 0.6 is 23.4 Å². The van der Waals surface area contributed by atoms with Gasteiger partial charge in [-0.2, -0.15) is 0 Å². The maximum Gasteiger partial charge on any atom is 0.125 e. The van der Waals surface area contributed by atoms with E-state index in [2.05, 4.69) is 0 Å². The number of nitrogens with two attached hydrogens (primary N) is 1. The Kier molecular flexibility index (Phi) is 3.92. The predicted octanol–water partition coefficient (Wildman–Crippen LogP) is 4.35. The van der Waals surface area contributed by atoms with E-state index in [-0.39, 0.29) is 5.82 Å². The Labute approximate surface area is 109 Å². The molecule has 2 aromatic rings. The molecule has 4 heteroatoms. The van der Waals surface area contributed by atoms with E-state index in [1.807, 2.05) is 24.3 Å². The summed E-state index contributed by atoms with van der Waals surface area (Å²) in [6.07, 6.45) is 0. The minimum Gasteiger partial charge on any atom is -0.398 e. The molecule has 2 rings (SSSR count). The fourth-order valence-corrected chi connectivity index (χ4v) is 2.54. The summed E-state index contributed by atoms with van der Waals surface area (Å²) in [6.45, 7) is 0. The van der Waals surface area contributed by atoms with Gasteiger partial charge in [0.05, 0.1) is 0 Å². The average Bonchev–Trinajstić information content (AvgIpc) is 2.28. The van der Waals surface area contributed by atoms with Gasteiger partial charge < -0.3 is 5.73 Å². The van der Waals surface area contributed by atoms with Crippen LogP contribution in [0.2, 0.25) is 5.02 Å². The Morgan fingerprint density at radius 1 is 1.18 bits per heavy atom. The molecule has 0 aliphatic rings. The molecule has 0 saturated heterocycles. The number of hydrogen-bond acceptors (Lipinski definition) is 2. The van der Waals surface area contributed by atoms with Crippen LogP contribution in [-0.4, -0.2) is 0 Å². The Balaban J connectivity index is 2.07. The van der Waals surface area contributed by atoms with Crippen molar-refractivity contribution in [2.75, 3.05) is 5.73 Å². The molecule has 17 heavy (non-hydrogen) atoms. The first-order chi connectivity index (χ1) is 8.15. The Hall–Kier alpha value is -1.19. The van der Waals surface area contributed by atoms with Crippen molar-refractivity contribution in [2.24, 2.45) is 0 Å². The van der Waals surface area contributed by atoms with E-state index >= 15 is 0 Å². The first kappa shape index (κ1) is 12.3. The fourth-order valence-electron chi connectivity index (χ4n) is 1.44. The number of nitrogen functional groups attached to an aromatic ring is 1. The summed E-state index contributed by atoms with van der Waals surface area (Å²) in [7, 11) is 0. The van der Waals surface area contributed by atoms with Crippen molar-refractivity contribution < 1.29 is 4.39 Å². The summed E-state index contributed by atoms with van der Waals surface area (Å²) in [5.41, 5.74) is 7.31. The second-order valence-electron chi connectivity index (χ2n) is 3.60. The van der Waals surface area contributed by atoms with Crippen LogP contribution in [0.1, 0.15) is 5.56 Å². The van der Waals surface area contributed by atoms with Gasteiger partial charge in [-0.15, -0.1) is 11.8 Å². The quantitative estimate of drug-likeness (QED) is 0.661. The van der Waals surface area contributed by atoms with Crippen molar-refractivity contribution in [3.8, 4) is 0 Å². The van der Waals surface area contributed by atoms with Gasteiger partial charge in [-0.1, -0.05) is 23.7 Å². The van der Waals surface area contributed by atoms with Crippen LogP contribution in [0.3, 0.4) is 0 Å². The lowest BCUT2D eigenvalue weighted by molar-refractivity contribution is 0.627. The van der Waals surface area contributed by atoms with Gasteiger partial charge >= 0.3 is 0 Å². The standard InChI is InChI=1S/C13H11ClFNS/c14-10-3-1-2-9(6-10)8-17-13-5-4-11(15)7-12(13)16/h1-7H,8,16H2. The van der Waals surface area contributed by atoms with Crippen LogP contribution in [-0.2, 0) is 5.75 Å². The first-order valence-corrected chi connectivity index (χ1v) is 6.44. The third kappa shape index (κ3) is 3.38. The highest BCUT2D eigenvalue weighted by molar-refractivity contribution is 7.98. The highest BCUT2D eigenvalue weighted by Crippen LogP contribution is 2.29. The van der Waals surface area contributed by atoms with E-state index in [4.69, 9.17) is 17.3 Å². The summed E-state index contributed by atoms with van der Waals surface area (Å²) in [5, 5.41) is 0.718. The van der Waals surface area contributed by atoms with Crippen LogP contribution in [0.25, 0.3) is 0 Å². The van der Waals surface area contributed by atoms with E-state index in [1.54, 1.807) is 17.8 Å². The molecular formula is C13H11ClFNS. The van der Waals surface area contributed by atoms with Gasteiger partial charge in [0.1, 0.15) is 5.82 Å². The van der Waals surface area contributed by atoms with E-state index < -0.39 is 0 Å². The smallest absolute Gasteiger partial charge is 0.125 e. The maximum absolute atomic E-state index is 12.9. The normalized spacial score (nSPS) is 10.5. The molecule has 0 heterocycles. The van der Waals surface area contributed by atoms with Crippen molar-refractivity contribution in [3.05, 3.63) is 58.9 Å². The summed E-state index contributed by atoms with van der Waals surface area (Å²) in [6, 6.07) is 12.1. The zero-order chi connectivity index (χ0) is 12.3. The molecule has 0 unspecified atom stereocenters. The Bertz CT molecular complexity index is 531. The highest BCUT2D eigenvalue weighted by atomic mass is 35.5. The number of halogens is 2. The lowest BCUT2D eigenvalue weighted by atomic mass is 10.2. The van der Waals surface area contributed by atoms with Crippen LogP contribution < -0.4 is 5.73 Å². The zero-order valence-electron chi connectivity index (χ0n) is 8.99. The lowest BCUT2D eigenvalue weighted by Gasteiger charge is -2.05. The van der Waals surface area contributed by atoms with E-state index in [0.29, 0.717) is 5.69 Å². The van der Waals surface area contributed by atoms with Crippen molar-refractivity contribution in [1.29, 1.82) is 0 Å². The molecule has 0 saturated carbocycles. The van der Waals surface area contributed by atoms with Crippen molar-refractivity contribution >= 4 is 29.1 Å². The molecule has 2 aromatic carbocycles. The number of thioether (sulfide) groups is 1. The molecule has 2 N–H and O–H groups in total. The molecule has 88 valence electrons. The van der Waals surface area contributed by atoms with Gasteiger partial charge in [0.25, 0.3) is 0 Å². The molecular weight excluding hydrogens is 257 g/mol. The van der Waals surface area contributed by atoms with Gasteiger partial charge in [-0.3, -0.25) is 0 Å². The van der Waals surface area contributed by atoms with E-state index in [9.17, 15) is 4.39 Å². The Morgan fingerprint density at radius 2 is 2.00 bits per heavy atom. The third-order valence-electron chi connectivity index (χ3n) is 2.26. The molecule has 0 atom stereocenters. The van der Waals surface area contributed by atoms with Crippen LogP contribution in [0, 0.1) is 5.82 Å². The minimum atomic E-state index is -0.311. The Morgan fingerprint density at radius 3 is 2.71 bits per heavy atom. The minimum absolute atomic E-state index is 0.311. The molecule has 1 nitrogen and oxygen atoms in total. The van der Waals surface area contributed by atoms with E-state index in [1.165, 1.54) is 12.1 Å². The molecule has 0 fully saturated rings. The molecule has 0 aromatic heterocycles. The molecule has 0 bridgehead atoms. The van der Waals surface area contributed by atoms with Gasteiger partial charge in [0.2, 0.25) is 0 Å². The molecule has 0 spiro atoms. The van der Waals surface area contributed by atoms with Crippen molar-refractivity contribution in [3.63, 3.8) is 0 Å². The fraction of sp³-hybridized carbons (Fsp3) is 0.0769. The van der Waals surface area contributed by atoms with Gasteiger partial charge in [0, 0.05) is 21.4 Å². The summed E-state index contributed by atoms with van der Waals surface area (Å²) in [4.78, 5) is 0.881. The SMILES string of the molecule is Nc1cc(F)ccc1SCc1cccc(Cl)c1. The number of hydrogen-bond donors (Lipinski definition) is 1. The summed E-state index contributed by atoms with van der Waals surface area (Å²) in [5.74, 6) is 0.450. The molecule has 0 amide bonds. The monoisotopic (exact) mass is 267 g/mol. The second kappa shape index (κ2) is 5.43. The number of anilines is 1. The topological polar surface area (TPSA) is 26.0 Å². The number of rotatable bonds is 3. The predicted molar refractivity (Wildman–Crippen MR) is 71.8 cm³/mol. The lowest BCUT2D eigenvalue weighted by Crippen LogP contribution is -1.90. The number of benzene rings is 2. The van der Waals surface area contributed by atoms with Gasteiger partial charge in [-0.05, 0) is 35.9 Å². The second-order valence-corrected chi connectivity index (χ2v) is 5.05. The largest absolute Gasteiger partial charge is 0.398 e. The van der Waals surface area contributed by atoms with Crippen LogP contribution in [0.4, 0.5) is 10.1 Å². The average molecular weight is 268 g/mol. The zero-order valence-corrected chi connectivity index (χ0v) is 10.6. The van der Waals surface area contributed by atoms with Gasteiger partial charge in [-0.25, -0.2) is 4.39 Å². The van der Waals surface area contributed by atoms with E-state index in [0.717, 1.165) is 21.2 Å². The van der Waals surface area contributed by atoms with Crippen molar-refractivity contribution in [1.82, 2.24) is 0 Å². The van der Waals surface area contributed by atoms with Gasteiger partial charge in [0.15, 0.2) is 0 Å². The molecule has 0 aliphatic carbocycles. The van der Waals surface area contributed by atoms with Crippen LogP contribution in [0.15, 0.2) is 47.4 Å².